The van der Waals surface area contributed by atoms with Gasteiger partial charge in [-0.05, 0) is 43.0 Å². The van der Waals surface area contributed by atoms with E-state index in [0.717, 1.165) is 55.0 Å². The molecule has 0 radical (unpaired) electrons. The number of ketones is 1. The van der Waals surface area contributed by atoms with Crippen LogP contribution in [-0.2, 0) is 28.0 Å². The van der Waals surface area contributed by atoms with Crippen LogP contribution in [0.2, 0.25) is 0 Å². The van der Waals surface area contributed by atoms with Crippen molar-refractivity contribution >= 4 is 5.78 Å². The fourth-order valence-electron chi connectivity index (χ4n) is 6.81. The molecular formula is C28H33NO4. The minimum absolute atomic E-state index is 0.204. The monoisotopic (exact) mass is 447 g/mol. The molecule has 0 spiro atoms. The molecule has 2 bridgehead atoms. The minimum Gasteiger partial charge on any atom is -0.493 e. The van der Waals surface area contributed by atoms with Crippen LogP contribution in [0.15, 0.2) is 55.1 Å². The van der Waals surface area contributed by atoms with Gasteiger partial charge in [0.2, 0.25) is 0 Å². The van der Waals surface area contributed by atoms with Crippen LogP contribution in [0.4, 0.5) is 0 Å². The number of benzene rings is 2. The van der Waals surface area contributed by atoms with Crippen LogP contribution in [0.5, 0.6) is 11.5 Å². The fraction of sp³-hybridized carbons (Fsp3) is 0.464. The van der Waals surface area contributed by atoms with E-state index in [2.05, 4.69) is 29.7 Å². The highest BCUT2D eigenvalue weighted by Crippen LogP contribution is 2.62. The molecule has 5 nitrogen and oxygen atoms in total. The predicted molar refractivity (Wildman–Crippen MR) is 128 cm³/mol. The number of piperidine rings is 1. The highest BCUT2D eigenvalue weighted by Gasteiger charge is 2.66. The summed E-state index contributed by atoms with van der Waals surface area (Å²) in [4.78, 5) is 15.4. The second-order valence-electron chi connectivity index (χ2n) is 9.55. The number of ether oxygens (including phenoxy) is 3. The molecule has 2 fully saturated rings. The molecule has 1 saturated heterocycles. The predicted octanol–water partition coefficient (Wildman–Crippen LogP) is 4.47. The summed E-state index contributed by atoms with van der Waals surface area (Å²) >= 11 is 0. The van der Waals surface area contributed by atoms with E-state index in [1.54, 1.807) is 7.11 Å². The van der Waals surface area contributed by atoms with Crippen LogP contribution in [0.3, 0.4) is 0 Å². The molecule has 0 unspecified atom stereocenters. The number of likely N-dealkylation sites (tertiary alicyclic amines) is 1. The lowest BCUT2D eigenvalue weighted by molar-refractivity contribution is -0.186. The number of fused-ring (bicyclic) bond motifs is 1. The first-order chi connectivity index (χ1) is 16.1. The molecule has 2 aromatic rings. The van der Waals surface area contributed by atoms with Gasteiger partial charge in [0.25, 0.3) is 0 Å². The van der Waals surface area contributed by atoms with E-state index in [9.17, 15) is 4.79 Å². The van der Waals surface area contributed by atoms with E-state index in [1.165, 1.54) is 5.56 Å². The Morgan fingerprint density at radius 3 is 2.70 bits per heavy atom. The third kappa shape index (κ3) is 3.32. The van der Waals surface area contributed by atoms with Crippen LogP contribution >= 0.6 is 0 Å². The molecule has 2 aromatic carbocycles. The van der Waals surface area contributed by atoms with Crippen LogP contribution < -0.4 is 9.47 Å². The van der Waals surface area contributed by atoms with Gasteiger partial charge in [0, 0.05) is 43.5 Å². The van der Waals surface area contributed by atoms with Crippen LogP contribution in [0.25, 0.3) is 0 Å². The maximum atomic E-state index is 12.9. The van der Waals surface area contributed by atoms with Crippen LogP contribution in [0, 0.1) is 0 Å². The summed E-state index contributed by atoms with van der Waals surface area (Å²) < 4.78 is 18.8. The molecule has 2 aliphatic carbocycles. The van der Waals surface area contributed by atoms with E-state index in [0.29, 0.717) is 25.2 Å². The lowest BCUT2D eigenvalue weighted by Crippen LogP contribution is -2.74. The Bertz CT molecular complexity index is 1050. The highest BCUT2D eigenvalue weighted by atomic mass is 16.5. The second kappa shape index (κ2) is 8.62. The van der Waals surface area contributed by atoms with Gasteiger partial charge < -0.3 is 14.2 Å². The maximum Gasteiger partial charge on any atom is 0.164 e. The topological polar surface area (TPSA) is 48.0 Å². The zero-order chi connectivity index (χ0) is 23.1. The van der Waals surface area contributed by atoms with Crippen molar-refractivity contribution in [1.29, 1.82) is 0 Å². The number of hydrogen-bond donors (Lipinski definition) is 0. The lowest BCUT2D eigenvalue weighted by Gasteiger charge is -2.65. The number of carbonyl (C=O) groups excluding carboxylic acids is 1. The molecule has 5 heteroatoms. The number of nitrogens with zero attached hydrogens (tertiary/aromatic N) is 1. The summed E-state index contributed by atoms with van der Waals surface area (Å²) in [5, 5.41) is 0. The molecule has 5 rings (SSSR count). The van der Waals surface area contributed by atoms with E-state index < -0.39 is 11.0 Å². The quantitative estimate of drug-likeness (QED) is 0.587. The third-order valence-electron chi connectivity index (χ3n) is 8.16. The average molecular weight is 448 g/mol. The molecule has 3 aliphatic rings. The Balaban J connectivity index is 1.63. The Labute approximate surface area is 196 Å². The minimum atomic E-state index is -0.430. The summed E-state index contributed by atoms with van der Waals surface area (Å²) in [7, 11) is 3.53. The molecular weight excluding hydrogens is 414 g/mol. The molecule has 1 saturated carbocycles. The van der Waals surface area contributed by atoms with Crippen molar-refractivity contribution < 1.29 is 19.0 Å². The maximum absolute atomic E-state index is 12.9. The molecule has 3 atom stereocenters. The van der Waals surface area contributed by atoms with E-state index in [-0.39, 0.29) is 6.04 Å². The zero-order valence-corrected chi connectivity index (χ0v) is 19.6. The van der Waals surface area contributed by atoms with Gasteiger partial charge >= 0.3 is 0 Å². The smallest absolute Gasteiger partial charge is 0.164 e. The van der Waals surface area contributed by atoms with Crippen molar-refractivity contribution in [3.63, 3.8) is 0 Å². The first kappa shape index (κ1) is 22.2. The van der Waals surface area contributed by atoms with Crippen molar-refractivity contribution in [2.45, 2.75) is 55.8 Å². The van der Waals surface area contributed by atoms with Gasteiger partial charge in [-0.15, -0.1) is 6.58 Å². The van der Waals surface area contributed by atoms with Gasteiger partial charge in [-0.25, -0.2) is 0 Å². The standard InChI is InChI=1S/C28H33NO4/c1-4-15-29-16-14-27-18-22(30)12-13-28(27,32-3)24(29)17-21-10-11-23(26(31-2)25(21)27)33-19-20-8-6-5-7-9-20/h4-11,24H,1,12-19H2,2-3H3/t24-,27-,28+/m0/s1. The van der Waals surface area contributed by atoms with Gasteiger partial charge in [0.15, 0.2) is 11.5 Å². The summed E-state index contributed by atoms with van der Waals surface area (Å²) in [6.07, 6.45) is 5.48. The van der Waals surface area contributed by atoms with Crippen molar-refractivity contribution in [3.05, 3.63) is 71.8 Å². The third-order valence-corrected chi connectivity index (χ3v) is 8.16. The number of carbonyl (C=O) groups is 1. The molecule has 33 heavy (non-hydrogen) atoms. The van der Waals surface area contributed by atoms with E-state index in [4.69, 9.17) is 14.2 Å². The second-order valence-corrected chi connectivity index (χ2v) is 9.55. The van der Waals surface area contributed by atoms with E-state index >= 15 is 0 Å². The lowest BCUT2D eigenvalue weighted by atomic mass is 9.49. The Morgan fingerprint density at radius 2 is 1.97 bits per heavy atom. The molecule has 174 valence electrons. The van der Waals surface area contributed by atoms with Gasteiger partial charge in [0.1, 0.15) is 12.4 Å². The Hall–Kier alpha value is -2.63. The summed E-state index contributed by atoms with van der Waals surface area (Å²) in [6, 6.07) is 14.5. The fourth-order valence-corrected chi connectivity index (χ4v) is 6.81. The molecule has 0 amide bonds. The molecule has 1 aliphatic heterocycles. The molecule has 1 heterocycles. The Morgan fingerprint density at radius 1 is 1.15 bits per heavy atom. The van der Waals surface area contributed by atoms with E-state index in [1.807, 2.05) is 37.5 Å². The zero-order valence-electron chi connectivity index (χ0n) is 19.6. The van der Waals surface area contributed by atoms with Crippen molar-refractivity contribution in [3.8, 4) is 11.5 Å². The molecule has 0 N–H and O–H groups in total. The molecule has 0 aromatic heterocycles. The van der Waals surface area contributed by atoms with Gasteiger partial charge in [-0.1, -0.05) is 42.5 Å². The summed E-state index contributed by atoms with van der Waals surface area (Å²) in [5.74, 6) is 1.80. The van der Waals surface area contributed by atoms with Crippen LogP contribution in [0.1, 0.15) is 42.4 Å². The first-order valence-corrected chi connectivity index (χ1v) is 11.9. The van der Waals surface area contributed by atoms with Crippen molar-refractivity contribution in [1.82, 2.24) is 4.90 Å². The number of Topliss-reactive ketones (excluding diaryl/α,β-unsaturated/α-hetero) is 1. The average Bonchev–Trinajstić information content (AvgIpc) is 2.84. The first-order valence-electron chi connectivity index (χ1n) is 11.9. The van der Waals surface area contributed by atoms with Gasteiger partial charge in [-0.2, -0.15) is 0 Å². The number of hydrogen-bond acceptors (Lipinski definition) is 5. The van der Waals surface area contributed by atoms with Crippen LogP contribution in [-0.4, -0.2) is 49.6 Å². The normalized spacial score (nSPS) is 28.5. The summed E-state index contributed by atoms with van der Waals surface area (Å²) in [6.45, 7) is 6.18. The SMILES string of the molecule is C=CCN1CC[C@@]23CC(=O)CC[C@@]2(OC)[C@@H]1Cc1ccc(OCc2ccccc2)c(OC)c13. The number of rotatable bonds is 7. The van der Waals surface area contributed by atoms with Crippen molar-refractivity contribution in [2.75, 3.05) is 27.3 Å². The number of methoxy groups -OCH3 is 2. The summed E-state index contributed by atoms with van der Waals surface area (Å²) in [5.41, 5.74) is 2.62. The Kier molecular flexibility index (Phi) is 5.79. The van der Waals surface area contributed by atoms with Gasteiger partial charge in [-0.3, -0.25) is 9.69 Å². The van der Waals surface area contributed by atoms with Crippen molar-refractivity contribution in [2.24, 2.45) is 0 Å². The largest absolute Gasteiger partial charge is 0.493 e. The highest BCUT2D eigenvalue weighted by molar-refractivity contribution is 5.83. The van der Waals surface area contributed by atoms with Gasteiger partial charge in [0.05, 0.1) is 12.7 Å².